The lowest BCUT2D eigenvalue weighted by Gasteiger charge is -2.09. The van der Waals surface area contributed by atoms with Crippen molar-refractivity contribution in [3.05, 3.63) is 41.7 Å². The van der Waals surface area contributed by atoms with E-state index in [1.165, 1.54) is 24.3 Å². The first-order chi connectivity index (χ1) is 12.9. The van der Waals surface area contributed by atoms with Gasteiger partial charge in [0.1, 0.15) is 0 Å². The number of hydrogen-bond acceptors (Lipinski definition) is 7. The topological polar surface area (TPSA) is 142 Å². The largest absolute Gasteiger partial charge is 0.358 e. The van der Waals surface area contributed by atoms with Crippen LogP contribution < -0.4 is 15.4 Å². The van der Waals surface area contributed by atoms with Crippen molar-refractivity contribution < 1.29 is 13.2 Å². The van der Waals surface area contributed by atoms with E-state index in [-0.39, 0.29) is 29.4 Å². The number of carbonyl (C=O) groups is 1. The standard InChI is InChI=1S/C16H19N7O3S/c1-18-16(24)15-6-13(9-19-15)23-10-12(21-22-23)8-20-27(25,26)14-4-2-11(7-17)3-5-14/h2-5,10,13,15,19-20H,6,8-9H2,1H3,(H,18,24)/t13-,15+/m1/s1. The fraction of sp³-hybridized carbons (Fsp3) is 0.375. The molecule has 27 heavy (non-hydrogen) atoms. The molecule has 0 spiro atoms. The van der Waals surface area contributed by atoms with Gasteiger partial charge in [-0.05, 0) is 30.7 Å². The molecule has 0 bridgehead atoms. The zero-order chi connectivity index (χ0) is 19.4. The number of rotatable bonds is 6. The Morgan fingerprint density at radius 2 is 2.15 bits per heavy atom. The quantitative estimate of drug-likeness (QED) is 0.592. The van der Waals surface area contributed by atoms with E-state index < -0.39 is 10.0 Å². The van der Waals surface area contributed by atoms with Crippen molar-refractivity contribution >= 4 is 15.9 Å². The SMILES string of the molecule is CNC(=O)[C@@H]1C[C@@H](n2cc(CNS(=O)(=O)c3ccc(C#N)cc3)nn2)CN1. The zero-order valence-electron chi connectivity index (χ0n) is 14.6. The molecule has 1 fully saturated rings. The van der Waals surface area contributed by atoms with Crippen molar-refractivity contribution in [1.29, 1.82) is 5.26 Å². The lowest BCUT2D eigenvalue weighted by Crippen LogP contribution is -2.38. The molecule has 1 aliphatic rings. The van der Waals surface area contributed by atoms with Crippen molar-refractivity contribution in [3.8, 4) is 6.07 Å². The van der Waals surface area contributed by atoms with E-state index in [0.29, 0.717) is 24.2 Å². The number of amides is 1. The molecular formula is C16H19N7O3S. The predicted octanol–water partition coefficient (Wildman–Crippen LogP) is -0.723. The molecule has 1 aromatic heterocycles. The number of aromatic nitrogens is 3. The summed E-state index contributed by atoms with van der Waals surface area (Å²) < 4.78 is 28.7. The molecule has 3 rings (SSSR count). The number of carbonyl (C=O) groups excluding carboxylic acids is 1. The molecule has 1 aliphatic heterocycles. The number of nitrogens with zero attached hydrogens (tertiary/aromatic N) is 4. The van der Waals surface area contributed by atoms with Crippen LogP contribution in [-0.2, 0) is 21.4 Å². The van der Waals surface area contributed by atoms with Crippen LogP contribution in [0.25, 0.3) is 0 Å². The molecule has 142 valence electrons. The summed E-state index contributed by atoms with van der Waals surface area (Å²) in [4.78, 5) is 11.7. The van der Waals surface area contributed by atoms with Crippen molar-refractivity contribution in [1.82, 2.24) is 30.3 Å². The second-order valence-corrected chi connectivity index (χ2v) is 7.88. The van der Waals surface area contributed by atoms with Gasteiger partial charge in [-0.25, -0.2) is 17.8 Å². The van der Waals surface area contributed by atoms with E-state index in [0.717, 1.165) is 0 Å². The van der Waals surface area contributed by atoms with Gasteiger partial charge in [-0.2, -0.15) is 5.26 Å². The molecule has 2 atom stereocenters. The molecule has 11 heteroatoms. The van der Waals surface area contributed by atoms with Gasteiger partial charge < -0.3 is 10.6 Å². The zero-order valence-corrected chi connectivity index (χ0v) is 15.4. The highest BCUT2D eigenvalue weighted by atomic mass is 32.2. The summed E-state index contributed by atoms with van der Waals surface area (Å²) in [5, 5.41) is 22.5. The summed E-state index contributed by atoms with van der Waals surface area (Å²) >= 11 is 0. The van der Waals surface area contributed by atoms with Crippen LogP contribution >= 0.6 is 0 Å². The Bertz CT molecular complexity index is 963. The predicted molar refractivity (Wildman–Crippen MR) is 94.7 cm³/mol. The first-order valence-electron chi connectivity index (χ1n) is 8.28. The number of sulfonamides is 1. The van der Waals surface area contributed by atoms with Crippen LogP contribution in [0.1, 0.15) is 23.7 Å². The molecule has 0 unspecified atom stereocenters. The summed E-state index contributed by atoms with van der Waals surface area (Å²) in [6.07, 6.45) is 2.25. The third-order valence-electron chi connectivity index (χ3n) is 4.34. The highest BCUT2D eigenvalue weighted by Crippen LogP contribution is 2.19. The first-order valence-corrected chi connectivity index (χ1v) is 9.77. The van der Waals surface area contributed by atoms with Crippen molar-refractivity contribution in [2.45, 2.75) is 29.9 Å². The van der Waals surface area contributed by atoms with Gasteiger partial charge in [0.15, 0.2) is 0 Å². The number of nitrogens with one attached hydrogen (secondary N) is 3. The first kappa shape index (κ1) is 19.0. The smallest absolute Gasteiger partial charge is 0.240 e. The normalized spacial score (nSPS) is 19.6. The summed E-state index contributed by atoms with van der Waals surface area (Å²) in [7, 11) is -2.13. The average molecular weight is 389 g/mol. The maximum Gasteiger partial charge on any atom is 0.240 e. The molecule has 2 heterocycles. The molecule has 1 amide bonds. The molecular weight excluding hydrogens is 370 g/mol. The third-order valence-corrected chi connectivity index (χ3v) is 5.76. The van der Waals surface area contributed by atoms with E-state index in [2.05, 4.69) is 25.7 Å². The maximum atomic E-state index is 12.3. The fourth-order valence-electron chi connectivity index (χ4n) is 2.83. The minimum Gasteiger partial charge on any atom is -0.358 e. The minimum absolute atomic E-state index is 0.0125. The maximum absolute atomic E-state index is 12.3. The Hall–Kier alpha value is -2.81. The van der Waals surface area contributed by atoms with Gasteiger partial charge in [0, 0.05) is 13.6 Å². The summed E-state index contributed by atoms with van der Waals surface area (Å²) in [6.45, 7) is 0.569. The van der Waals surface area contributed by atoms with E-state index in [9.17, 15) is 13.2 Å². The van der Waals surface area contributed by atoms with E-state index >= 15 is 0 Å². The number of benzene rings is 1. The molecule has 2 aromatic rings. The van der Waals surface area contributed by atoms with Crippen molar-refractivity contribution in [3.63, 3.8) is 0 Å². The molecule has 0 saturated carbocycles. The Morgan fingerprint density at radius 3 is 2.81 bits per heavy atom. The van der Waals surface area contributed by atoms with Gasteiger partial charge >= 0.3 is 0 Å². The molecule has 0 radical (unpaired) electrons. The van der Waals surface area contributed by atoms with Gasteiger partial charge in [0.2, 0.25) is 15.9 Å². The average Bonchev–Trinajstić information content (AvgIpc) is 3.35. The van der Waals surface area contributed by atoms with Crippen molar-refractivity contribution in [2.75, 3.05) is 13.6 Å². The highest BCUT2D eigenvalue weighted by molar-refractivity contribution is 7.89. The molecule has 0 aliphatic carbocycles. The Balaban J connectivity index is 1.61. The summed E-state index contributed by atoms with van der Waals surface area (Å²) in [5.41, 5.74) is 0.854. The van der Waals surface area contributed by atoms with E-state index in [4.69, 9.17) is 5.26 Å². The van der Waals surface area contributed by atoms with E-state index in [1.807, 2.05) is 6.07 Å². The van der Waals surface area contributed by atoms with Crippen molar-refractivity contribution in [2.24, 2.45) is 0 Å². The lowest BCUT2D eigenvalue weighted by atomic mass is 10.1. The van der Waals surface area contributed by atoms with Crippen LogP contribution in [0.5, 0.6) is 0 Å². The van der Waals surface area contributed by atoms with Gasteiger partial charge in [-0.15, -0.1) is 5.10 Å². The molecule has 3 N–H and O–H groups in total. The van der Waals surface area contributed by atoms with Gasteiger partial charge in [-0.1, -0.05) is 5.21 Å². The Morgan fingerprint density at radius 1 is 1.41 bits per heavy atom. The summed E-state index contributed by atoms with van der Waals surface area (Å²) in [6, 6.07) is 7.28. The number of nitriles is 1. The van der Waals surface area contributed by atoms with Crippen LogP contribution in [0, 0.1) is 11.3 Å². The Kier molecular flexibility index (Phi) is 5.50. The molecule has 10 nitrogen and oxygen atoms in total. The van der Waals surface area contributed by atoms with E-state index in [1.54, 1.807) is 17.9 Å². The second-order valence-electron chi connectivity index (χ2n) is 6.12. The van der Waals surface area contributed by atoms with Gasteiger partial charge in [0.05, 0.1) is 47.0 Å². The van der Waals surface area contributed by atoms with Gasteiger partial charge in [0.25, 0.3) is 0 Å². The third kappa shape index (κ3) is 4.30. The van der Waals surface area contributed by atoms with Crippen LogP contribution in [0.15, 0.2) is 35.4 Å². The minimum atomic E-state index is -3.72. The second kappa shape index (κ2) is 7.83. The lowest BCUT2D eigenvalue weighted by molar-refractivity contribution is -0.122. The van der Waals surface area contributed by atoms with Crippen LogP contribution in [0.2, 0.25) is 0 Å². The highest BCUT2D eigenvalue weighted by Gasteiger charge is 2.30. The number of likely N-dealkylation sites (N-methyl/N-ethyl adjacent to an activating group) is 1. The molecule has 1 saturated heterocycles. The fourth-order valence-corrected chi connectivity index (χ4v) is 3.83. The molecule has 1 aromatic carbocycles. The monoisotopic (exact) mass is 389 g/mol. The van der Waals surface area contributed by atoms with Crippen LogP contribution in [0.3, 0.4) is 0 Å². The van der Waals surface area contributed by atoms with Gasteiger partial charge in [-0.3, -0.25) is 4.79 Å². The van der Waals surface area contributed by atoms with Crippen LogP contribution in [0.4, 0.5) is 0 Å². The summed E-state index contributed by atoms with van der Waals surface area (Å²) in [5.74, 6) is -0.0759. The Labute approximate surface area is 156 Å². The number of hydrogen-bond donors (Lipinski definition) is 3. The van der Waals surface area contributed by atoms with Crippen LogP contribution in [-0.4, -0.2) is 49.0 Å².